The number of carbonyl (C=O) groups is 1. The summed E-state index contributed by atoms with van der Waals surface area (Å²) in [5, 5.41) is 20.1. The van der Waals surface area contributed by atoms with Gasteiger partial charge in [-0.3, -0.25) is 14.9 Å². The number of hydrogen-bond donors (Lipinski definition) is 2. The van der Waals surface area contributed by atoms with Crippen LogP contribution in [0.3, 0.4) is 0 Å². The summed E-state index contributed by atoms with van der Waals surface area (Å²) in [4.78, 5) is 20.8. The first-order valence-corrected chi connectivity index (χ1v) is 4.62. The van der Waals surface area contributed by atoms with Crippen LogP contribution in [0.5, 0.6) is 0 Å². The van der Waals surface area contributed by atoms with E-state index in [-0.39, 0.29) is 11.5 Å². The lowest BCUT2D eigenvalue weighted by molar-refractivity contribution is -0.384. The van der Waals surface area contributed by atoms with Crippen molar-refractivity contribution < 1.29 is 14.8 Å². The zero-order valence-electron chi connectivity index (χ0n) is 8.66. The molecule has 0 fully saturated rings. The molecule has 0 saturated carbocycles. The van der Waals surface area contributed by atoms with E-state index < -0.39 is 17.1 Å². The van der Waals surface area contributed by atoms with Gasteiger partial charge in [-0.25, -0.2) is 0 Å². The average molecular weight is 224 g/mol. The molecule has 0 aliphatic heterocycles. The molecule has 0 aromatic heterocycles. The van der Waals surface area contributed by atoms with Gasteiger partial charge in [0.25, 0.3) is 5.69 Å². The number of nitrogens with zero attached hydrogens (tertiary/aromatic N) is 1. The number of nitrogens with two attached hydrogens (primary N) is 1. The van der Waals surface area contributed by atoms with E-state index >= 15 is 0 Å². The lowest BCUT2D eigenvalue weighted by Gasteiger charge is -2.15. The van der Waals surface area contributed by atoms with E-state index in [4.69, 9.17) is 5.73 Å². The molecule has 16 heavy (non-hydrogen) atoms. The number of Topliss-reactive ketones (excluding diaryl/α,β-unsaturated/α-hetero) is 1. The summed E-state index contributed by atoms with van der Waals surface area (Å²) >= 11 is 0. The molecule has 1 aromatic rings. The van der Waals surface area contributed by atoms with E-state index in [2.05, 4.69) is 0 Å². The van der Waals surface area contributed by atoms with E-state index in [1.54, 1.807) is 0 Å². The molecule has 0 saturated heterocycles. The molecule has 0 bridgehead atoms. The minimum Gasteiger partial charge on any atom is -0.386 e. The number of nitro groups is 1. The number of hydrogen-bond acceptors (Lipinski definition) is 5. The van der Waals surface area contributed by atoms with Gasteiger partial charge in [0.1, 0.15) is 11.9 Å². The third-order valence-corrected chi connectivity index (χ3v) is 2.26. The lowest BCUT2D eigenvalue weighted by Crippen LogP contribution is -2.35. The summed E-state index contributed by atoms with van der Waals surface area (Å²) in [6.45, 7) is 1.28. The largest absolute Gasteiger partial charge is 0.386 e. The first-order valence-electron chi connectivity index (χ1n) is 4.62. The Morgan fingerprint density at radius 1 is 1.44 bits per heavy atom. The van der Waals surface area contributed by atoms with Crippen molar-refractivity contribution in [2.45, 2.75) is 19.1 Å². The highest BCUT2D eigenvalue weighted by atomic mass is 16.6. The summed E-state index contributed by atoms with van der Waals surface area (Å²) < 4.78 is 0. The van der Waals surface area contributed by atoms with E-state index in [1.807, 2.05) is 0 Å². The Labute approximate surface area is 91.8 Å². The van der Waals surface area contributed by atoms with Gasteiger partial charge in [0.15, 0.2) is 0 Å². The second-order valence-corrected chi connectivity index (χ2v) is 3.43. The maximum absolute atomic E-state index is 10.9. The van der Waals surface area contributed by atoms with Gasteiger partial charge in [0, 0.05) is 12.1 Å². The molecule has 6 nitrogen and oxygen atoms in total. The topological polar surface area (TPSA) is 106 Å². The van der Waals surface area contributed by atoms with Crippen LogP contribution >= 0.6 is 0 Å². The van der Waals surface area contributed by atoms with Gasteiger partial charge >= 0.3 is 0 Å². The summed E-state index contributed by atoms with van der Waals surface area (Å²) in [7, 11) is 0. The van der Waals surface area contributed by atoms with Crippen molar-refractivity contribution in [3.05, 3.63) is 39.9 Å². The maximum Gasteiger partial charge on any atom is 0.269 e. The maximum atomic E-state index is 10.9. The molecule has 0 amide bonds. The molecule has 0 aliphatic rings. The van der Waals surface area contributed by atoms with Gasteiger partial charge < -0.3 is 10.8 Å². The van der Waals surface area contributed by atoms with Crippen LogP contribution in [-0.2, 0) is 4.79 Å². The quantitative estimate of drug-likeness (QED) is 0.573. The van der Waals surface area contributed by atoms with Crippen molar-refractivity contribution >= 4 is 11.5 Å². The van der Waals surface area contributed by atoms with Crippen molar-refractivity contribution in [3.8, 4) is 0 Å². The predicted molar refractivity (Wildman–Crippen MR) is 56.7 cm³/mol. The summed E-state index contributed by atoms with van der Waals surface area (Å²) in [6, 6.07) is 4.26. The number of aliphatic hydroxyl groups excluding tert-OH is 1. The van der Waals surface area contributed by atoms with Crippen LogP contribution in [-0.4, -0.2) is 21.9 Å². The van der Waals surface area contributed by atoms with Gasteiger partial charge in [0.2, 0.25) is 0 Å². The van der Waals surface area contributed by atoms with Crippen molar-refractivity contribution in [1.29, 1.82) is 0 Å². The highest BCUT2D eigenvalue weighted by molar-refractivity contribution is 5.82. The van der Waals surface area contributed by atoms with Crippen LogP contribution in [0.2, 0.25) is 0 Å². The number of ketones is 1. The standard InChI is InChI=1S/C10H12N2O4/c1-6(13)9(11)10(14)7-2-4-8(5-3-7)12(15)16/h2-5,9-10,14H,11H2,1H3/t9-,10-/m1/s1. The van der Waals surface area contributed by atoms with Crippen LogP contribution in [0.4, 0.5) is 5.69 Å². The average Bonchev–Trinajstić information content (AvgIpc) is 2.27. The first-order chi connectivity index (χ1) is 7.43. The summed E-state index contributed by atoms with van der Waals surface area (Å²) in [6.07, 6.45) is -1.14. The molecule has 0 heterocycles. The number of carbonyl (C=O) groups excluding carboxylic acids is 1. The highest BCUT2D eigenvalue weighted by Crippen LogP contribution is 2.19. The molecule has 0 spiro atoms. The Kier molecular flexibility index (Phi) is 3.70. The number of non-ortho nitro benzene ring substituents is 1. The number of rotatable bonds is 4. The lowest BCUT2D eigenvalue weighted by atomic mass is 10.0. The monoisotopic (exact) mass is 224 g/mol. The van der Waals surface area contributed by atoms with Gasteiger partial charge in [-0.2, -0.15) is 0 Å². The Morgan fingerprint density at radius 3 is 2.31 bits per heavy atom. The summed E-state index contributed by atoms with van der Waals surface area (Å²) in [5.41, 5.74) is 5.76. The molecule has 0 radical (unpaired) electrons. The minimum absolute atomic E-state index is 0.0765. The van der Waals surface area contributed by atoms with Crippen LogP contribution in [0.15, 0.2) is 24.3 Å². The number of nitro benzene ring substituents is 1. The Morgan fingerprint density at radius 2 is 1.94 bits per heavy atom. The van der Waals surface area contributed by atoms with Gasteiger partial charge in [-0.05, 0) is 24.6 Å². The molecular formula is C10H12N2O4. The van der Waals surface area contributed by atoms with Crippen molar-refractivity contribution in [3.63, 3.8) is 0 Å². The fourth-order valence-electron chi connectivity index (χ4n) is 1.22. The fourth-order valence-corrected chi connectivity index (χ4v) is 1.22. The van der Waals surface area contributed by atoms with Crippen LogP contribution in [0.1, 0.15) is 18.6 Å². The molecule has 2 atom stereocenters. The Balaban J connectivity index is 2.89. The molecule has 1 aromatic carbocycles. The van der Waals surface area contributed by atoms with Crippen molar-refractivity contribution in [1.82, 2.24) is 0 Å². The Hall–Kier alpha value is -1.79. The first kappa shape index (κ1) is 12.3. The predicted octanol–water partition coefficient (Wildman–Crippen LogP) is 0.545. The second-order valence-electron chi connectivity index (χ2n) is 3.43. The summed E-state index contributed by atoms with van der Waals surface area (Å²) in [5.74, 6) is -0.342. The normalized spacial score (nSPS) is 14.2. The van der Waals surface area contributed by atoms with Crippen molar-refractivity contribution in [2.24, 2.45) is 5.73 Å². The molecule has 0 unspecified atom stereocenters. The van der Waals surface area contributed by atoms with Crippen LogP contribution in [0, 0.1) is 10.1 Å². The Bertz CT molecular complexity index is 402. The van der Waals surface area contributed by atoms with E-state index in [0.29, 0.717) is 5.56 Å². The van der Waals surface area contributed by atoms with Crippen molar-refractivity contribution in [2.75, 3.05) is 0 Å². The SMILES string of the molecule is CC(=O)[C@@H](N)[C@H](O)c1ccc([N+](=O)[O-])cc1. The minimum atomic E-state index is -1.14. The van der Waals surface area contributed by atoms with Crippen LogP contribution in [0.25, 0.3) is 0 Å². The van der Waals surface area contributed by atoms with Gasteiger partial charge in [-0.15, -0.1) is 0 Å². The third-order valence-electron chi connectivity index (χ3n) is 2.26. The zero-order chi connectivity index (χ0) is 12.3. The van der Waals surface area contributed by atoms with Gasteiger partial charge in [0.05, 0.1) is 11.0 Å². The van der Waals surface area contributed by atoms with E-state index in [9.17, 15) is 20.0 Å². The van der Waals surface area contributed by atoms with E-state index in [1.165, 1.54) is 31.2 Å². The molecule has 86 valence electrons. The third kappa shape index (κ3) is 2.62. The second kappa shape index (κ2) is 4.82. The zero-order valence-corrected chi connectivity index (χ0v) is 8.66. The molecular weight excluding hydrogens is 212 g/mol. The molecule has 0 aliphatic carbocycles. The smallest absolute Gasteiger partial charge is 0.269 e. The van der Waals surface area contributed by atoms with Gasteiger partial charge in [-0.1, -0.05) is 0 Å². The highest BCUT2D eigenvalue weighted by Gasteiger charge is 2.21. The molecule has 3 N–H and O–H groups in total. The fraction of sp³-hybridized carbons (Fsp3) is 0.300. The molecule has 1 rings (SSSR count). The number of benzene rings is 1. The number of aliphatic hydroxyl groups is 1. The van der Waals surface area contributed by atoms with Crippen LogP contribution < -0.4 is 5.73 Å². The van der Waals surface area contributed by atoms with E-state index in [0.717, 1.165) is 0 Å². The molecule has 6 heteroatoms.